The van der Waals surface area contributed by atoms with Gasteiger partial charge >= 0.3 is 0 Å². The van der Waals surface area contributed by atoms with Crippen molar-refractivity contribution in [3.63, 3.8) is 0 Å². The Hall–Kier alpha value is -2.19. The molecule has 1 heterocycles. The van der Waals surface area contributed by atoms with Crippen LogP contribution in [0.4, 0.5) is 5.69 Å². The smallest absolute Gasteiger partial charge is 0.234 e. The summed E-state index contributed by atoms with van der Waals surface area (Å²) in [5, 5.41) is 12.5. The fraction of sp³-hybridized carbons (Fsp3) is 0.524. The highest BCUT2D eigenvalue weighted by molar-refractivity contribution is 7.99. The van der Waals surface area contributed by atoms with Crippen molar-refractivity contribution in [1.29, 1.82) is 0 Å². The van der Waals surface area contributed by atoms with E-state index in [1.807, 2.05) is 0 Å². The molecule has 0 spiro atoms. The zero-order valence-corrected chi connectivity index (χ0v) is 18.8. The Kier molecular flexibility index (Phi) is 8.85. The minimum absolute atomic E-state index is 0.0273. The summed E-state index contributed by atoms with van der Waals surface area (Å²) >= 11 is 1.40. The van der Waals surface area contributed by atoms with E-state index in [2.05, 4.69) is 48.0 Å². The second kappa shape index (κ2) is 11.1. The van der Waals surface area contributed by atoms with E-state index in [1.54, 1.807) is 24.3 Å². The Morgan fingerprint density at radius 2 is 2.00 bits per heavy atom. The Morgan fingerprint density at radius 1 is 1.24 bits per heavy atom. The number of rotatable bonds is 11. The molecule has 0 saturated carbocycles. The Labute approximate surface area is 177 Å². The molecule has 0 radical (unpaired) electrons. The summed E-state index contributed by atoms with van der Waals surface area (Å²) in [6.45, 7) is 6.68. The number of nitrogens with zero attached hydrogens (tertiary/aromatic N) is 3. The SMILES string of the molecule is CCCCn1c(SCC(=O)Nc2cccc(C(C)=O)c2)nnc1[C@@H](CC)[NH+](C)C. The van der Waals surface area contributed by atoms with Crippen LogP contribution in [0.15, 0.2) is 29.4 Å². The minimum Gasteiger partial charge on any atom is -0.331 e. The molecule has 2 rings (SSSR count). The Bertz CT molecular complexity index is 834. The predicted octanol–water partition coefficient (Wildman–Crippen LogP) is 2.61. The fourth-order valence-corrected chi connectivity index (χ4v) is 3.95. The molecule has 29 heavy (non-hydrogen) atoms. The Balaban J connectivity index is 2.09. The van der Waals surface area contributed by atoms with Crippen molar-refractivity contribution >= 4 is 29.1 Å². The third kappa shape index (κ3) is 6.40. The molecule has 1 amide bonds. The van der Waals surface area contributed by atoms with E-state index >= 15 is 0 Å². The number of carbonyl (C=O) groups is 2. The van der Waals surface area contributed by atoms with Crippen LogP contribution >= 0.6 is 11.8 Å². The van der Waals surface area contributed by atoms with E-state index in [1.165, 1.54) is 23.6 Å². The second-order valence-electron chi connectivity index (χ2n) is 7.36. The summed E-state index contributed by atoms with van der Waals surface area (Å²) < 4.78 is 2.17. The number of hydrogen-bond acceptors (Lipinski definition) is 5. The van der Waals surface area contributed by atoms with E-state index in [-0.39, 0.29) is 23.5 Å². The van der Waals surface area contributed by atoms with Crippen LogP contribution in [0.3, 0.4) is 0 Å². The summed E-state index contributed by atoms with van der Waals surface area (Å²) in [7, 11) is 4.25. The van der Waals surface area contributed by atoms with Gasteiger partial charge in [-0.25, -0.2) is 0 Å². The molecule has 7 nitrogen and oxygen atoms in total. The molecule has 0 unspecified atom stereocenters. The van der Waals surface area contributed by atoms with Gasteiger partial charge in [0.25, 0.3) is 0 Å². The molecule has 158 valence electrons. The van der Waals surface area contributed by atoms with E-state index in [0.717, 1.165) is 36.8 Å². The number of unbranched alkanes of at least 4 members (excludes halogenated alkanes) is 1. The van der Waals surface area contributed by atoms with Crippen LogP contribution in [-0.4, -0.2) is 46.3 Å². The molecule has 8 heteroatoms. The molecule has 0 aliphatic heterocycles. The number of nitrogens with one attached hydrogen (secondary N) is 2. The molecule has 0 bridgehead atoms. The normalized spacial score (nSPS) is 12.2. The second-order valence-corrected chi connectivity index (χ2v) is 8.30. The van der Waals surface area contributed by atoms with E-state index in [9.17, 15) is 9.59 Å². The zero-order valence-electron chi connectivity index (χ0n) is 18.0. The van der Waals surface area contributed by atoms with Crippen molar-refractivity contribution in [2.75, 3.05) is 25.2 Å². The first-order chi connectivity index (χ1) is 13.9. The molecule has 1 aromatic heterocycles. The van der Waals surface area contributed by atoms with Crippen LogP contribution < -0.4 is 10.2 Å². The van der Waals surface area contributed by atoms with Gasteiger partial charge < -0.3 is 14.8 Å². The van der Waals surface area contributed by atoms with Gasteiger partial charge in [0.1, 0.15) is 6.04 Å². The molecule has 2 N–H and O–H groups in total. The van der Waals surface area contributed by atoms with E-state index < -0.39 is 0 Å². The van der Waals surface area contributed by atoms with Crippen LogP contribution in [0.5, 0.6) is 0 Å². The summed E-state index contributed by atoms with van der Waals surface area (Å²) in [6, 6.07) is 7.25. The molecule has 2 aromatic rings. The van der Waals surface area contributed by atoms with Gasteiger partial charge in [-0.15, -0.1) is 10.2 Å². The highest BCUT2D eigenvalue weighted by Gasteiger charge is 2.25. The lowest BCUT2D eigenvalue weighted by molar-refractivity contribution is -0.893. The van der Waals surface area contributed by atoms with Crippen molar-refractivity contribution in [1.82, 2.24) is 14.8 Å². The fourth-order valence-electron chi connectivity index (χ4n) is 3.18. The van der Waals surface area contributed by atoms with Crippen LogP contribution in [0.1, 0.15) is 62.3 Å². The minimum atomic E-state index is -0.132. The van der Waals surface area contributed by atoms with Crippen LogP contribution in [0, 0.1) is 0 Å². The molecule has 0 aliphatic rings. The number of ketones is 1. The van der Waals surface area contributed by atoms with Gasteiger partial charge in [0.05, 0.1) is 19.8 Å². The van der Waals surface area contributed by atoms with Gasteiger partial charge in [-0.3, -0.25) is 9.59 Å². The summed E-state index contributed by atoms with van der Waals surface area (Å²) in [4.78, 5) is 25.2. The number of aromatic nitrogens is 3. The highest BCUT2D eigenvalue weighted by atomic mass is 32.2. The first-order valence-corrected chi connectivity index (χ1v) is 11.1. The Morgan fingerprint density at radius 3 is 2.62 bits per heavy atom. The molecular weight excluding hydrogens is 386 g/mol. The maximum absolute atomic E-state index is 12.4. The standard InChI is InChI=1S/C21H31N5O2S/c1-6-8-12-26-20(18(7-2)25(4)5)23-24-21(26)29-14-19(28)22-17-11-9-10-16(13-17)15(3)27/h9-11,13,18H,6-8,12,14H2,1-5H3,(H,22,28)/p+1/t18-/m1/s1. The number of hydrogen-bond donors (Lipinski definition) is 2. The molecule has 1 atom stereocenters. The van der Waals surface area contributed by atoms with E-state index in [4.69, 9.17) is 0 Å². The number of quaternary nitrogens is 1. The average molecular weight is 419 g/mol. The van der Waals surface area contributed by atoms with Crippen LogP contribution in [0.2, 0.25) is 0 Å². The zero-order chi connectivity index (χ0) is 21.4. The first-order valence-electron chi connectivity index (χ1n) is 10.1. The molecule has 0 fully saturated rings. The van der Waals surface area contributed by atoms with Crippen molar-refractivity contribution in [2.24, 2.45) is 0 Å². The summed E-state index contributed by atoms with van der Waals surface area (Å²) in [6.07, 6.45) is 3.10. The van der Waals surface area contributed by atoms with Crippen molar-refractivity contribution < 1.29 is 14.5 Å². The number of anilines is 1. The summed E-state index contributed by atoms with van der Waals surface area (Å²) in [5.41, 5.74) is 1.20. The van der Waals surface area contributed by atoms with Gasteiger partial charge in [0.2, 0.25) is 5.91 Å². The third-order valence-corrected chi connectivity index (χ3v) is 5.75. The maximum atomic E-state index is 12.4. The van der Waals surface area contributed by atoms with Crippen molar-refractivity contribution in [3.05, 3.63) is 35.7 Å². The summed E-state index contributed by atoms with van der Waals surface area (Å²) in [5.74, 6) is 1.06. The number of Topliss-reactive ketones (excluding diaryl/α,β-unsaturated/α-hetero) is 1. The molecule has 0 saturated heterocycles. The van der Waals surface area contributed by atoms with Crippen molar-refractivity contribution in [3.8, 4) is 0 Å². The number of thioether (sulfide) groups is 1. The lowest BCUT2D eigenvalue weighted by atomic mass is 10.1. The van der Waals surface area contributed by atoms with Gasteiger partial charge in [0, 0.05) is 24.2 Å². The van der Waals surface area contributed by atoms with Crippen LogP contribution in [0.25, 0.3) is 0 Å². The molecule has 0 aliphatic carbocycles. The van der Waals surface area contributed by atoms with Gasteiger partial charge in [0.15, 0.2) is 16.8 Å². The quantitative estimate of drug-likeness (QED) is 0.433. The molecule has 1 aromatic carbocycles. The van der Waals surface area contributed by atoms with Crippen molar-refractivity contribution in [2.45, 2.75) is 57.8 Å². The maximum Gasteiger partial charge on any atom is 0.234 e. The van der Waals surface area contributed by atoms with Gasteiger partial charge in [-0.1, -0.05) is 44.2 Å². The number of benzene rings is 1. The monoisotopic (exact) mass is 418 g/mol. The van der Waals surface area contributed by atoms with Crippen LogP contribution in [-0.2, 0) is 11.3 Å². The first kappa shape index (κ1) is 23.1. The average Bonchev–Trinajstić information content (AvgIpc) is 3.07. The topological polar surface area (TPSA) is 81.3 Å². The largest absolute Gasteiger partial charge is 0.331 e. The predicted molar refractivity (Wildman–Crippen MR) is 117 cm³/mol. The highest BCUT2D eigenvalue weighted by Crippen LogP contribution is 2.22. The third-order valence-electron chi connectivity index (χ3n) is 4.78. The molecular formula is C21H32N5O2S+. The lowest BCUT2D eigenvalue weighted by Gasteiger charge is -2.20. The van der Waals surface area contributed by atoms with Gasteiger partial charge in [-0.05, 0) is 25.5 Å². The van der Waals surface area contributed by atoms with E-state index in [0.29, 0.717) is 11.3 Å². The van der Waals surface area contributed by atoms with Gasteiger partial charge in [-0.2, -0.15) is 0 Å². The number of amides is 1. The lowest BCUT2D eigenvalue weighted by Crippen LogP contribution is -3.06. The number of carbonyl (C=O) groups excluding carboxylic acids is 2.